The molecule has 104 valence electrons. The Bertz CT molecular complexity index is 485. The van der Waals surface area contributed by atoms with Gasteiger partial charge in [0.15, 0.2) is 0 Å². The quantitative estimate of drug-likeness (QED) is 0.806. The number of carbonyl (C=O) groups is 1. The molecule has 1 aliphatic rings. The molecule has 1 atom stereocenters. The summed E-state index contributed by atoms with van der Waals surface area (Å²) in [6, 6.07) is 4.28. The van der Waals surface area contributed by atoms with Crippen LogP contribution in [0.1, 0.15) is 49.9 Å². The Balaban J connectivity index is 2.02. The number of nitrogen functional groups attached to an aromatic ring is 1. The molecule has 0 radical (unpaired) electrons. The van der Waals surface area contributed by atoms with Gasteiger partial charge in [0.2, 0.25) is 0 Å². The highest BCUT2D eigenvalue weighted by Crippen LogP contribution is 2.35. The zero-order valence-corrected chi connectivity index (χ0v) is 11.5. The predicted molar refractivity (Wildman–Crippen MR) is 74.3 cm³/mol. The van der Waals surface area contributed by atoms with Crippen molar-refractivity contribution < 1.29 is 9.18 Å². The Morgan fingerprint density at radius 1 is 1.47 bits per heavy atom. The van der Waals surface area contributed by atoms with Crippen molar-refractivity contribution in [3.05, 3.63) is 29.6 Å². The van der Waals surface area contributed by atoms with Crippen molar-refractivity contribution >= 4 is 11.6 Å². The molecule has 2 rings (SSSR count). The smallest absolute Gasteiger partial charge is 0.251 e. The van der Waals surface area contributed by atoms with E-state index in [1.54, 1.807) is 0 Å². The van der Waals surface area contributed by atoms with Crippen LogP contribution in [0, 0.1) is 11.2 Å². The summed E-state index contributed by atoms with van der Waals surface area (Å²) in [5, 5.41) is 3.02. The van der Waals surface area contributed by atoms with Gasteiger partial charge in [0.05, 0.1) is 5.69 Å². The lowest BCUT2D eigenvalue weighted by Gasteiger charge is -2.35. The normalized spacial score (nSPS) is 21.9. The maximum absolute atomic E-state index is 13.1. The van der Waals surface area contributed by atoms with E-state index < -0.39 is 5.82 Å². The van der Waals surface area contributed by atoms with Gasteiger partial charge >= 0.3 is 0 Å². The number of benzene rings is 1. The number of nitrogens with two attached hydrogens (primary N) is 1. The SMILES string of the molecule is CC1(C)CCCC(NC(=O)c2ccc(F)c(N)c2)C1. The maximum atomic E-state index is 13.1. The van der Waals surface area contributed by atoms with E-state index in [9.17, 15) is 9.18 Å². The van der Waals surface area contributed by atoms with Crippen molar-refractivity contribution in [2.45, 2.75) is 45.6 Å². The number of halogens is 1. The number of hydrogen-bond donors (Lipinski definition) is 2. The van der Waals surface area contributed by atoms with Crippen LogP contribution in [0.5, 0.6) is 0 Å². The van der Waals surface area contributed by atoms with Gasteiger partial charge in [-0.2, -0.15) is 0 Å². The Hall–Kier alpha value is -1.58. The molecule has 0 aromatic heterocycles. The summed E-state index contributed by atoms with van der Waals surface area (Å²) in [5.74, 6) is -0.662. The number of anilines is 1. The average Bonchev–Trinajstić information content (AvgIpc) is 2.31. The Morgan fingerprint density at radius 2 is 2.21 bits per heavy atom. The lowest BCUT2D eigenvalue weighted by molar-refractivity contribution is 0.0902. The van der Waals surface area contributed by atoms with Gasteiger partial charge in [-0.1, -0.05) is 20.3 Å². The van der Waals surface area contributed by atoms with Gasteiger partial charge in [-0.3, -0.25) is 4.79 Å². The van der Waals surface area contributed by atoms with E-state index >= 15 is 0 Å². The van der Waals surface area contributed by atoms with Crippen LogP contribution in [0.25, 0.3) is 0 Å². The summed E-state index contributed by atoms with van der Waals surface area (Å²) < 4.78 is 13.1. The molecule has 1 saturated carbocycles. The molecule has 0 heterocycles. The molecule has 19 heavy (non-hydrogen) atoms. The summed E-state index contributed by atoms with van der Waals surface area (Å²) in [5.41, 5.74) is 6.19. The molecule has 1 aromatic rings. The minimum atomic E-state index is -0.490. The fourth-order valence-electron chi connectivity index (χ4n) is 2.78. The summed E-state index contributed by atoms with van der Waals surface area (Å²) in [7, 11) is 0. The minimum Gasteiger partial charge on any atom is -0.396 e. The van der Waals surface area contributed by atoms with E-state index in [4.69, 9.17) is 5.73 Å². The monoisotopic (exact) mass is 264 g/mol. The van der Waals surface area contributed by atoms with Crippen molar-refractivity contribution in [1.82, 2.24) is 5.32 Å². The molecule has 0 bridgehead atoms. The molecule has 1 amide bonds. The van der Waals surface area contributed by atoms with Crippen LogP contribution < -0.4 is 11.1 Å². The van der Waals surface area contributed by atoms with Crippen molar-refractivity contribution in [3.63, 3.8) is 0 Å². The molecule has 4 heteroatoms. The summed E-state index contributed by atoms with van der Waals surface area (Å²) in [6.07, 6.45) is 4.31. The number of rotatable bonds is 2. The molecule has 0 spiro atoms. The molecule has 1 unspecified atom stereocenters. The zero-order valence-electron chi connectivity index (χ0n) is 11.5. The molecule has 1 fully saturated rings. The fraction of sp³-hybridized carbons (Fsp3) is 0.533. The highest BCUT2D eigenvalue weighted by Gasteiger charge is 2.28. The summed E-state index contributed by atoms with van der Waals surface area (Å²) >= 11 is 0. The number of carbonyl (C=O) groups excluding carboxylic acids is 1. The molecule has 1 aromatic carbocycles. The van der Waals surface area contributed by atoms with Crippen LogP contribution >= 0.6 is 0 Å². The maximum Gasteiger partial charge on any atom is 0.251 e. The van der Waals surface area contributed by atoms with Crippen LogP contribution in [-0.2, 0) is 0 Å². The molecular formula is C15H21FN2O. The second kappa shape index (κ2) is 5.19. The molecule has 3 nitrogen and oxygen atoms in total. The fourth-order valence-corrected chi connectivity index (χ4v) is 2.78. The van der Waals surface area contributed by atoms with Crippen LogP contribution in [0.4, 0.5) is 10.1 Å². The predicted octanol–water partition coefficient (Wildman–Crippen LogP) is 3.11. The minimum absolute atomic E-state index is 0.0108. The Morgan fingerprint density at radius 3 is 2.84 bits per heavy atom. The highest BCUT2D eigenvalue weighted by atomic mass is 19.1. The van der Waals surface area contributed by atoms with E-state index in [1.165, 1.54) is 24.6 Å². The first kappa shape index (κ1) is 13.8. The zero-order chi connectivity index (χ0) is 14.0. The molecular weight excluding hydrogens is 243 g/mol. The Kier molecular flexibility index (Phi) is 3.78. The van der Waals surface area contributed by atoms with E-state index in [2.05, 4.69) is 19.2 Å². The van der Waals surface area contributed by atoms with E-state index in [-0.39, 0.29) is 23.1 Å². The van der Waals surface area contributed by atoms with E-state index in [0.29, 0.717) is 5.56 Å². The number of hydrogen-bond acceptors (Lipinski definition) is 2. The third-order valence-corrected chi connectivity index (χ3v) is 3.80. The van der Waals surface area contributed by atoms with Gasteiger partial charge in [0.1, 0.15) is 5.82 Å². The second-order valence-electron chi connectivity index (χ2n) is 6.17. The van der Waals surface area contributed by atoms with Crippen molar-refractivity contribution in [2.24, 2.45) is 5.41 Å². The van der Waals surface area contributed by atoms with Gasteiger partial charge in [-0.25, -0.2) is 4.39 Å². The average molecular weight is 264 g/mol. The third kappa shape index (κ3) is 3.46. The first-order valence-corrected chi connectivity index (χ1v) is 6.73. The van der Waals surface area contributed by atoms with Crippen LogP contribution in [0.15, 0.2) is 18.2 Å². The van der Waals surface area contributed by atoms with Gasteiger partial charge in [0.25, 0.3) is 5.91 Å². The van der Waals surface area contributed by atoms with Crippen LogP contribution in [0.3, 0.4) is 0 Å². The standard InChI is InChI=1S/C15H21FN2O/c1-15(2)7-3-4-11(9-15)18-14(19)10-5-6-12(16)13(17)8-10/h5-6,8,11H,3-4,7,9,17H2,1-2H3,(H,18,19). The van der Waals surface area contributed by atoms with Gasteiger partial charge in [-0.05, 0) is 42.9 Å². The number of nitrogens with one attached hydrogen (secondary N) is 1. The summed E-state index contributed by atoms with van der Waals surface area (Å²) in [6.45, 7) is 4.45. The first-order chi connectivity index (χ1) is 8.87. The third-order valence-electron chi connectivity index (χ3n) is 3.80. The van der Waals surface area contributed by atoms with Gasteiger partial charge < -0.3 is 11.1 Å². The van der Waals surface area contributed by atoms with Crippen molar-refractivity contribution in [2.75, 3.05) is 5.73 Å². The second-order valence-corrected chi connectivity index (χ2v) is 6.17. The van der Waals surface area contributed by atoms with Gasteiger partial charge in [-0.15, -0.1) is 0 Å². The summed E-state index contributed by atoms with van der Waals surface area (Å²) in [4.78, 5) is 12.1. The Labute approximate surface area is 113 Å². The van der Waals surface area contributed by atoms with Crippen LogP contribution in [-0.4, -0.2) is 11.9 Å². The van der Waals surface area contributed by atoms with E-state index in [0.717, 1.165) is 19.3 Å². The van der Waals surface area contributed by atoms with E-state index in [1.807, 2.05) is 0 Å². The molecule has 3 N–H and O–H groups in total. The molecule has 0 aliphatic heterocycles. The molecule has 1 aliphatic carbocycles. The van der Waals surface area contributed by atoms with Crippen LogP contribution in [0.2, 0.25) is 0 Å². The lowest BCUT2D eigenvalue weighted by atomic mass is 9.75. The topological polar surface area (TPSA) is 55.1 Å². The van der Waals surface area contributed by atoms with Crippen molar-refractivity contribution in [1.29, 1.82) is 0 Å². The number of amides is 1. The molecule has 0 saturated heterocycles. The largest absolute Gasteiger partial charge is 0.396 e. The van der Waals surface area contributed by atoms with Gasteiger partial charge in [0, 0.05) is 11.6 Å². The lowest BCUT2D eigenvalue weighted by Crippen LogP contribution is -2.40. The van der Waals surface area contributed by atoms with Crippen molar-refractivity contribution in [3.8, 4) is 0 Å². The first-order valence-electron chi connectivity index (χ1n) is 6.73. The highest BCUT2D eigenvalue weighted by molar-refractivity contribution is 5.95.